The molecule has 1 fully saturated rings. The lowest BCUT2D eigenvalue weighted by Crippen LogP contribution is -2.38. The van der Waals surface area contributed by atoms with Crippen LogP contribution in [-0.4, -0.2) is 48.5 Å². The zero-order valence-corrected chi connectivity index (χ0v) is 17.4. The minimum atomic E-state index is -3.52. The molecule has 0 unspecified atom stereocenters. The van der Waals surface area contributed by atoms with Crippen molar-refractivity contribution in [2.45, 2.75) is 74.4 Å². The normalized spacial score (nSPS) is 17.2. The Labute approximate surface area is 161 Å². The average molecular weight is 400 g/mol. The van der Waals surface area contributed by atoms with Gasteiger partial charge < -0.3 is 5.32 Å². The molecule has 1 atom stereocenters. The lowest BCUT2D eigenvalue weighted by Gasteiger charge is -2.30. The van der Waals surface area contributed by atoms with Crippen molar-refractivity contribution < 1.29 is 13.2 Å². The fourth-order valence-electron chi connectivity index (χ4n) is 2.97. The standard InChI is InChI=1S/C18H29N3O3S2/c1-4-14(2)20-17(22)13-25-18-11-10-16(12-19-18)26(23,24)21(3)15-8-6-5-7-9-15/h10-12,14-15H,4-9,13H2,1-3H3,(H,20,22)/t14-/m0/s1. The van der Waals surface area contributed by atoms with Gasteiger partial charge in [-0.05, 0) is 38.3 Å². The summed E-state index contributed by atoms with van der Waals surface area (Å²) < 4.78 is 27.1. The second-order valence-corrected chi connectivity index (χ2v) is 9.80. The highest BCUT2D eigenvalue weighted by Gasteiger charge is 2.29. The van der Waals surface area contributed by atoms with Gasteiger partial charge in [-0.25, -0.2) is 13.4 Å². The van der Waals surface area contributed by atoms with Crippen molar-refractivity contribution in [1.82, 2.24) is 14.6 Å². The predicted molar refractivity (Wildman–Crippen MR) is 105 cm³/mol. The molecule has 0 radical (unpaired) electrons. The minimum Gasteiger partial charge on any atom is -0.353 e. The monoisotopic (exact) mass is 399 g/mol. The van der Waals surface area contributed by atoms with Gasteiger partial charge in [0.1, 0.15) is 4.90 Å². The number of nitrogens with zero attached hydrogens (tertiary/aromatic N) is 2. The maximum Gasteiger partial charge on any atom is 0.244 e. The van der Waals surface area contributed by atoms with E-state index in [1.165, 1.54) is 28.7 Å². The molecule has 8 heteroatoms. The highest BCUT2D eigenvalue weighted by molar-refractivity contribution is 7.99. The molecule has 0 aromatic carbocycles. The van der Waals surface area contributed by atoms with Crippen LogP contribution in [0.3, 0.4) is 0 Å². The number of thioether (sulfide) groups is 1. The summed E-state index contributed by atoms with van der Waals surface area (Å²) in [6, 6.07) is 3.48. The topological polar surface area (TPSA) is 79.4 Å². The second-order valence-electron chi connectivity index (χ2n) is 6.81. The number of amides is 1. The fourth-order valence-corrected chi connectivity index (χ4v) is 4.99. The van der Waals surface area contributed by atoms with Gasteiger partial charge in [-0.15, -0.1) is 0 Å². The van der Waals surface area contributed by atoms with E-state index in [0.717, 1.165) is 32.1 Å². The molecule has 0 spiro atoms. The third kappa shape index (κ3) is 5.69. The Kier molecular flexibility index (Phi) is 7.91. The van der Waals surface area contributed by atoms with Crippen LogP contribution in [-0.2, 0) is 14.8 Å². The van der Waals surface area contributed by atoms with Gasteiger partial charge in [-0.2, -0.15) is 4.31 Å². The SMILES string of the molecule is CC[C@H](C)NC(=O)CSc1ccc(S(=O)(=O)N(C)C2CCCCC2)cn1. The predicted octanol–water partition coefficient (Wildman–Crippen LogP) is 3.04. The molecule has 0 aliphatic heterocycles. The van der Waals surface area contributed by atoms with Gasteiger partial charge in [0.15, 0.2) is 0 Å². The fraction of sp³-hybridized carbons (Fsp3) is 0.667. The van der Waals surface area contributed by atoms with Crippen LogP contribution in [0.5, 0.6) is 0 Å². The highest BCUT2D eigenvalue weighted by atomic mass is 32.2. The van der Waals surface area contributed by atoms with Crippen molar-refractivity contribution in [2.24, 2.45) is 0 Å². The zero-order chi connectivity index (χ0) is 19.2. The first kappa shape index (κ1) is 21.2. The molecule has 0 bridgehead atoms. The first-order valence-electron chi connectivity index (χ1n) is 9.20. The van der Waals surface area contributed by atoms with Crippen molar-refractivity contribution in [2.75, 3.05) is 12.8 Å². The highest BCUT2D eigenvalue weighted by Crippen LogP contribution is 2.26. The number of nitrogens with one attached hydrogen (secondary N) is 1. The summed E-state index contributed by atoms with van der Waals surface area (Å²) in [5.74, 6) is 0.227. The Morgan fingerprint density at radius 2 is 2.04 bits per heavy atom. The summed E-state index contributed by atoms with van der Waals surface area (Å²) in [4.78, 5) is 16.2. The average Bonchev–Trinajstić information content (AvgIpc) is 2.66. The molecular formula is C18H29N3O3S2. The molecule has 1 heterocycles. The molecule has 2 rings (SSSR count). The Bertz CT molecular complexity index is 686. The van der Waals surface area contributed by atoms with E-state index in [4.69, 9.17) is 0 Å². The Morgan fingerprint density at radius 3 is 2.62 bits per heavy atom. The molecule has 1 aliphatic carbocycles. The summed E-state index contributed by atoms with van der Waals surface area (Å²) in [5.41, 5.74) is 0. The van der Waals surface area contributed by atoms with Crippen molar-refractivity contribution >= 4 is 27.7 Å². The lowest BCUT2D eigenvalue weighted by molar-refractivity contribution is -0.119. The van der Waals surface area contributed by atoms with Gasteiger partial charge in [-0.1, -0.05) is 37.9 Å². The molecular weight excluding hydrogens is 370 g/mol. The van der Waals surface area contributed by atoms with Crippen molar-refractivity contribution in [3.8, 4) is 0 Å². The van der Waals surface area contributed by atoms with E-state index in [-0.39, 0.29) is 28.6 Å². The third-order valence-electron chi connectivity index (χ3n) is 4.85. The van der Waals surface area contributed by atoms with Crippen molar-refractivity contribution in [3.63, 3.8) is 0 Å². The van der Waals surface area contributed by atoms with Crippen LogP contribution in [0.15, 0.2) is 28.3 Å². The molecule has 1 aromatic rings. The summed E-state index contributed by atoms with van der Waals surface area (Å²) in [6.45, 7) is 3.98. The quantitative estimate of drug-likeness (QED) is 0.680. The van der Waals surface area contributed by atoms with E-state index in [1.807, 2.05) is 13.8 Å². The van der Waals surface area contributed by atoms with E-state index < -0.39 is 10.0 Å². The van der Waals surface area contributed by atoms with Gasteiger partial charge in [-0.3, -0.25) is 4.79 Å². The van der Waals surface area contributed by atoms with Gasteiger partial charge in [0.25, 0.3) is 0 Å². The largest absolute Gasteiger partial charge is 0.353 e. The molecule has 0 saturated heterocycles. The van der Waals surface area contributed by atoms with E-state index >= 15 is 0 Å². The van der Waals surface area contributed by atoms with Gasteiger partial charge in [0.05, 0.1) is 10.8 Å². The Morgan fingerprint density at radius 1 is 1.35 bits per heavy atom. The molecule has 1 amide bonds. The van der Waals surface area contributed by atoms with Crippen LogP contribution in [0.2, 0.25) is 0 Å². The summed E-state index contributed by atoms with van der Waals surface area (Å²) >= 11 is 1.31. The van der Waals surface area contributed by atoms with Crippen molar-refractivity contribution in [3.05, 3.63) is 18.3 Å². The Balaban J connectivity index is 1.96. The maximum atomic E-state index is 12.8. The van der Waals surface area contributed by atoms with Crippen LogP contribution >= 0.6 is 11.8 Å². The van der Waals surface area contributed by atoms with Gasteiger partial charge in [0.2, 0.25) is 15.9 Å². The van der Waals surface area contributed by atoms with Gasteiger partial charge >= 0.3 is 0 Å². The van der Waals surface area contributed by atoms with E-state index in [9.17, 15) is 13.2 Å². The molecule has 146 valence electrons. The summed E-state index contributed by atoms with van der Waals surface area (Å²) in [5, 5.41) is 3.54. The molecule has 1 aliphatic rings. The van der Waals surface area contributed by atoms with E-state index in [2.05, 4.69) is 10.3 Å². The van der Waals surface area contributed by atoms with Crippen molar-refractivity contribution in [1.29, 1.82) is 0 Å². The Hall–Kier alpha value is -1.12. The number of carbonyl (C=O) groups excluding carboxylic acids is 1. The number of carbonyl (C=O) groups is 1. The zero-order valence-electron chi connectivity index (χ0n) is 15.8. The van der Waals surface area contributed by atoms with E-state index in [0.29, 0.717) is 5.03 Å². The maximum absolute atomic E-state index is 12.8. The van der Waals surface area contributed by atoms with Crippen LogP contribution in [0.1, 0.15) is 52.4 Å². The van der Waals surface area contributed by atoms with Crippen LogP contribution in [0.25, 0.3) is 0 Å². The number of hydrogen-bond acceptors (Lipinski definition) is 5. The minimum absolute atomic E-state index is 0.0418. The first-order chi connectivity index (χ1) is 12.3. The molecule has 6 nitrogen and oxygen atoms in total. The second kappa shape index (κ2) is 9.71. The number of pyridine rings is 1. The molecule has 1 aromatic heterocycles. The number of aromatic nitrogens is 1. The molecule has 1 N–H and O–H groups in total. The summed E-state index contributed by atoms with van der Waals surface area (Å²) in [6.07, 6.45) is 7.46. The number of sulfonamides is 1. The number of rotatable bonds is 8. The van der Waals surface area contributed by atoms with Crippen LogP contribution < -0.4 is 5.32 Å². The van der Waals surface area contributed by atoms with Crippen LogP contribution in [0.4, 0.5) is 0 Å². The molecule has 26 heavy (non-hydrogen) atoms. The van der Waals surface area contributed by atoms with E-state index in [1.54, 1.807) is 19.2 Å². The van der Waals surface area contributed by atoms with Gasteiger partial charge in [0, 0.05) is 25.3 Å². The lowest BCUT2D eigenvalue weighted by atomic mass is 9.96. The smallest absolute Gasteiger partial charge is 0.244 e. The molecule has 1 saturated carbocycles. The first-order valence-corrected chi connectivity index (χ1v) is 11.6. The third-order valence-corrected chi connectivity index (χ3v) is 7.68. The summed E-state index contributed by atoms with van der Waals surface area (Å²) in [7, 11) is -1.86. The number of hydrogen-bond donors (Lipinski definition) is 1. The van der Waals surface area contributed by atoms with Crippen LogP contribution in [0, 0.1) is 0 Å².